The Bertz CT molecular complexity index is 370. The lowest BCUT2D eigenvalue weighted by Gasteiger charge is -2.25. The van der Waals surface area contributed by atoms with E-state index in [4.69, 9.17) is 0 Å². The molecule has 0 aromatic carbocycles. The topological polar surface area (TPSA) is 71.5 Å². The Balaban J connectivity index is 0.000000246. The molecule has 1 aromatic rings. The fraction of sp³-hybridized carbons (Fsp3) is 0.714. The molecule has 1 fully saturated rings. The Morgan fingerprint density at radius 2 is 2.35 bits per heavy atom. The van der Waals surface area contributed by atoms with E-state index in [2.05, 4.69) is 15.0 Å². The number of nitrogens with zero attached hydrogens (tertiary/aromatic N) is 1. The van der Waals surface area contributed by atoms with Crippen molar-refractivity contribution in [1.29, 1.82) is 0 Å². The van der Waals surface area contributed by atoms with Gasteiger partial charge in [0.25, 0.3) is 6.47 Å². The van der Waals surface area contributed by atoms with E-state index in [0.717, 1.165) is 30.9 Å². The number of ether oxygens (including phenoxy) is 1. The molecule has 1 aliphatic heterocycles. The molecule has 1 aliphatic rings. The molecular weight excluding hydrogens is 276 g/mol. The number of nitrogens with one attached hydrogen (secondary N) is 1. The quantitative estimate of drug-likeness (QED) is 0.837. The van der Waals surface area contributed by atoms with Crippen LogP contribution in [0.2, 0.25) is 0 Å². The van der Waals surface area contributed by atoms with E-state index in [0.29, 0.717) is 12.4 Å². The molecule has 2 heterocycles. The lowest BCUT2D eigenvalue weighted by molar-refractivity contribution is -0.138. The highest BCUT2D eigenvalue weighted by atomic mass is 32.1. The van der Waals surface area contributed by atoms with Gasteiger partial charge in [0.1, 0.15) is 16.7 Å². The lowest BCUT2D eigenvalue weighted by Crippen LogP contribution is -2.33. The average Bonchev–Trinajstić information content (AvgIpc) is 2.92. The monoisotopic (exact) mass is 300 g/mol. The maximum atomic E-state index is 9.94. The van der Waals surface area contributed by atoms with Crippen LogP contribution in [0.5, 0.6) is 0 Å². The molecule has 0 aliphatic carbocycles. The number of thiazole rings is 1. The molecule has 2 unspecified atom stereocenters. The van der Waals surface area contributed by atoms with Gasteiger partial charge in [-0.3, -0.25) is 4.79 Å². The van der Waals surface area contributed by atoms with Crippen LogP contribution in [0.4, 0.5) is 0 Å². The molecule has 0 saturated carbocycles. The van der Waals surface area contributed by atoms with Crippen molar-refractivity contribution in [3.8, 4) is 0 Å². The first kappa shape index (κ1) is 17.1. The van der Waals surface area contributed by atoms with Crippen LogP contribution in [0.3, 0.4) is 0 Å². The molecule has 6 heteroatoms. The number of aromatic nitrogens is 1. The van der Waals surface area contributed by atoms with Crippen molar-refractivity contribution in [2.75, 3.05) is 13.1 Å². The van der Waals surface area contributed by atoms with Crippen molar-refractivity contribution in [3.63, 3.8) is 0 Å². The summed E-state index contributed by atoms with van der Waals surface area (Å²) in [6, 6.07) is 0. The van der Waals surface area contributed by atoms with E-state index < -0.39 is 0 Å². The summed E-state index contributed by atoms with van der Waals surface area (Å²) in [7, 11) is 0. The fourth-order valence-corrected chi connectivity index (χ4v) is 2.59. The first-order valence-corrected chi connectivity index (χ1v) is 7.71. The zero-order valence-corrected chi connectivity index (χ0v) is 13.2. The molecule has 0 spiro atoms. The summed E-state index contributed by atoms with van der Waals surface area (Å²) in [5, 5.41) is 16.0. The third-order valence-electron chi connectivity index (χ3n) is 2.89. The number of aliphatic hydroxyl groups excluding tert-OH is 1. The van der Waals surface area contributed by atoms with Gasteiger partial charge in [0.15, 0.2) is 0 Å². The van der Waals surface area contributed by atoms with Crippen LogP contribution < -0.4 is 5.32 Å². The number of carbonyl (C=O) groups excluding carboxylic acids is 1. The minimum absolute atomic E-state index is 0.318. The van der Waals surface area contributed by atoms with Gasteiger partial charge in [0, 0.05) is 24.0 Å². The molecule has 0 bridgehead atoms. The van der Waals surface area contributed by atoms with Gasteiger partial charge in [-0.1, -0.05) is 0 Å². The summed E-state index contributed by atoms with van der Waals surface area (Å²) in [6.07, 6.45) is 3.65. The highest BCUT2D eigenvalue weighted by Crippen LogP contribution is 2.27. The number of hydrogen-bond acceptors (Lipinski definition) is 6. The molecule has 114 valence electrons. The Kier molecular flexibility index (Phi) is 7.12. The number of aliphatic hydroxyl groups is 1. The van der Waals surface area contributed by atoms with E-state index in [1.54, 1.807) is 6.20 Å². The summed E-state index contributed by atoms with van der Waals surface area (Å²) >= 11 is 1.54. The lowest BCUT2D eigenvalue weighted by atomic mass is 9.94. The van der Waals surface area contributed by atoms with Gasteiger partial charge in [0.2, 0.25) is 0 Å². The smallest absolute Gasteiger partial charge is 0.293 e. The third kappa shape index (κ3) is 6.45. The maximum absolute atomic E-state index is 9.94. The van der Waals surface area contributed by atoms with Crippen molar-refractivity contribution in [3.05, 3.63) is 16.6 Å². The second kappa shape index (κ2) is 8.34. The standard InChI is InChI=1S/C9H14N2OS.C5H10O2/c12-8(9-11-4-5-13-9)7-2-1-3-10-6-7;1-5(2,3)7-4-6/h4-5,7-8,10,12H,1-3,6H2;4H,1-3H3. The predicted molar refractivity (Wildman–Crippen MR) is 79.6 cm³/mol. The maximum Gasteiger partial charge on any atom is 0.293 e. The van der Waals surface area contributed by atoms with Crippen molar-refractivity contribution in [2.24, 2.45) is 5.92 Å². The summed E-state index contributed by atoms with van der Waals surface area (Å²) in [5.41, 5.74) is -0.318. The van der Waals surface area contributed by atoms with E-state index in [1.165, 1.54) is 11.3 Å². The molecule has 2 N–H and O–H groups in total. The summed E-state index contributed by atoms with van der Waals surface area (Å²) < 4.78 is 4.55. The molecule has 0 amide bonds. The minimum atomic E-state index is -0.368. The fourth-order valence-electron chi connectivity index (χ4n) is 1.87. The Morgan fingerprint density at radius 3 is 2.75 bits per heavy atom. The largest absolute Gasteiger partial charge is 0.462 e. The summed E-state index contributed by atoms with van der Waals surface area (Å²) in [6.45, 7) is 7.92. The van der Waals surface area contributed by atoms with Gasteiger partial charge in [-0.25, -0.2) is 4.98 Å². The predicted octanol–water partition coefficient (Wildman–Crippen LogP) is 2.13. The first-order chi connectivity index (χ1) is 9.44. The van der Waals surface area contributed by atoms with Crippen molar-refractivity contribution in [1.82, 2.24) is 10.3 Å². The molecule has 5 nitrogen and oxygen atoms in total. The van der Waals surface area contributed by atoms with Crippen molar-refractivity contribution >= 4 is 17.8 Å². The zero-order chi connectivity index (χ0) is 15.0. The second-order valence-electron chi connectivity index (χ2n) is 5.75. The Labute approximate surface area is 124 Å². The van der Waals surface area contributed by atoms with Crippen LogP contribution >= 0.6 is 11.3 Å². The number of rotatable bonds is 3. The molecule has 1 aromatic heterocycles. The van der Waals surface area contributed by atoms with Crippen LogP contribution in [0.15, 0.2) is 11.6 Å². The number of hydrogen-bond donors (Lipinski definition) is 2. The summed E-state index contributed by atoms with van der Waals surface area (Å²) in [5.74, 6) is 0.347. The molecular formula is C14H24N2O3S. The van der Waals surface area contributed by atoms with Crippen LogP contribution in [0.1, 0.15) is 44.7 Å². The third-order valence-corrected chi connectivity index (χ3v) is 3.73. The van der Waals surface area contributed by atoms with Gasteiger partial charge < -0.3 is 15.2 Å². The van der Waals surface area contributed by atoms with Gasteiger partial charge in [-0.15, -0.1) is 11.3 Å². The number of piperidine rings is 1. The van der Waals surface area contributed by atoms with Gasteiger partial charge in [0.05, 0.1) is 0 Å². The van der Waals surface area contributed by atoms with E-state index in [9.17, 15) is 9.90 Å². The zero-order valence-electron chi connectivity index (χ0n) is 12.3. The molecule has 2 atom stereocenters. The Hall–Kier alpha value is -0.980. The highest BCUT2D eigenvalue weighted by Gasteiger charge is 2.24. The molecule has 20 heavy (non-hydrogen) atoms. The molecule has 0 radical (unpaired) electrons. The number of carbonyl (C=O) groups is 1. The highest BCUT2D eigenvalue weighted by molar-refractivity contribution is 7.09. The van der Waals surface area contributed by atoms with Crippen LogP contribution in [0.25, 0.3) is 0 Å². The summed E-state index contributed by atoms with van der Waals surface area (Å²) in [4.78, 5) is 13.7. The SMILES string of the molecule is CC(C)(C)OC=O.OC(c1nccs1)C1CCCNC1. The van der Waals surface area contributed by atoms with E-state index in [1.807, 2.05) is 26.2 Å². The minimum Gasteiger partial charge on any atom is -0.462 e. The molecule has 2 rings (SSSR count). The molecule has 1 saturated heterocycles. The van der Waals surface area contributed by atoms with Crippen LogP contribution in [-0.2, 0) is 9.53 Å². The van der Waals surface area contributed by atoms with Gasteiger partial charge >= 0.3 is 0 Å². The van der Waals surface area contributed by atoms with E-state index >= 15 is 0 Å². The van der Waals surface area contributed by atoms with Crippen molar-refractivity contribution < 1.29 is 14.6 Å². The second-order valence-corrected chi connectivity index (χ2v) is 6.67. The van der Waals surface area contributed by atoms with E-state index in [-0.39, 0.29) is 11.7 Å². The van der Waals surface area contributed by atoms with Gasteiger partial charge in [-0.2, -0.15) is 0 Å². The normalized spacial score (nSPS) is 20.5. The van der Waals surface area contributed by atoms with Crippen LogP contribution in [0, 0.1) is 5.92 Å². The van der Waals surface area contributed by atoms with Gasteiger partial charge in [-0.05, 0) is 40.2 Å². The first-order valence-electron chi connectivity index (χ1n) is 6.83. The van der Waals surface area contributed by atoms with Crippen LogP contribution in [-0.4, -0.2) is 35.3 Å². The van der Waals surface area contributed by atoms with Crippen molar-refractivity contribution in [2.45, 2.75) is 45.3 Å². The average molecular weight is 300 g/mol. The Morgan fingerprint density at radius 1 is 1.60 bits per heavy atom.